The first-order valence-electron chi connectivity index (χ1n) is 19.2. The molecule has 64 heavy (non-hydrogen) atoms. The van der Waals surface area contributed by atoms with Gasteiger partial charge in [0.05, 0.1) is 42.1 Å². The number of aliphatic hydroxyl groups is 2. The van der Waals surface area contributed by atoms with Gasteiger partial charge in [0.1, 0.15) is 22.0 Å². The van der Waals surface area contributed by atoms with Crippen molar-refractivity contribution < 1.29 is 110 Å². The molecule has 0 bridgehead atoms. The number of esters is 4. The van der Waals surface area contributed by atoms with Gasteiger partial charge in [0.15, 0.2) is 0 Å². The molecule has 2 aliphatic heterocycles. The van der Waals surface area contributed by atoms with E-state index in [1.807, 2.05) is 13.8 Å². The zero-order valence-corrected chi connectivity index (χ0v) is 46.7. The minimum absolute atomic E-state index is 0. The number of Topliss-reactive ketones (excluding diaryl/α,β-unsaturated/α-hetero) is 2. The van der Waals surface area contributed by atoms with Crippen molar-refractivity contribution >= 4 is 101 Å². The summed E-state index contributed by atoms with van der Waals surface area (Å²) in [6, 6.07) is 0. The fourth-order valence-electron chi connectivity index (χ4n) is 3.11. The number of halogens is 6. The fraction of sp³-hybridized carbons (Fsp3) is 0.700. The molecule has 6 unspecified atom stereocenters. The minimum Gasteiger partial charge on any atom is -0.478 e. The summed E-state index contributed by atoms with van der Waals surface area (Å²) in [6.07, 6.45) is 1.66. The Morgan fingerprint density at radius 2 is 1.20 bits per heavy atom. The average Bonchev–Trinajstić information content (AvgIpc) is 3.14. The molecule has 2 fully saturated rings. The third-order valence-corrected chi connectivity index (χ3v) is 9.59. The minimum atomic E-state index is -3.67. The molecule has 16 nitrogen and oxygen atoms in total. The van der Waals surface area contributed by atoms with Gasteiger partial charge in [-0.05, 0) is 99.0 Å². The van der Waals surface area contributed by atoms with E-state index in [9.17, 15) is 56.4 Å². The molecular formula is C40H67BBr3F3O16Zn. The topological polar surface area (TPSA) is 243 Å². The van der Waals surface area contributed by atoms with Crippen LogP contribution in [0.15, 0.2) is 24.3 Å². The van der Waals surface area contributed by atoms with Gasteiger partial charge in [-0.25, -0.2) is 9.59 Å². The van der Waals surface area contributed by atoms with Gasteiger partial charge in [-0.1, -0.05) is 45.0 Å². The molecule has 0 aromatic heterocycles. The number of alkyl halides is 2. The molecule has 0 saturated carbocycles. The van der Waals surface area contributed by atoms with Crippen LogP contribution in [0.1, 0.15) is 109 Å². The predicted molar refractivity (Wildman–Crippen MR) is 242 cm³/mol. The first kappa shape index (κ1) is 75.9. The number of hydrogen-bond donors (Lipinski definition) is 3. The Morgan fingerprint density at radius 3 is 1.44 bits per heavy atom. The van der Waals surface area contributed by atoms with Gasteiger partial charge in [0.2, 0.25) is 4.69 Å². The van der Waals surface area contributed by atoms with Gasteiger partial charge < -0.3 is 39.0 Å². The van der Waals surface area contributed by atoms with Crippen molar-refractivity contribution in [2.75, 3.05) is 39.6 Å². The standard InChI is InChI=1S/C11H16O4.C7H11BrO3.C7H12O3.C4H8O2.C4H6O2.C4H10O.C3H4Br2O.BF3.Zn/c1-7(2)9(12)15-11(4)5-6-14-10(13)8(11)3;1-5(9)3-4-11-7(10)6(2)8;1-5-6(8)10-4-3-7(5,2)9;1-4(6)2-3-5;1-3(2)4(5)6;1-3-5-4-2;1-2(4)3(5)6;2-1(3)4;/h8H,1,5-6H2,2-4H3;6H,3-4H2,1-2H3;5,9H,3-4H2,1-2H3;5H,2-3H2,1H3;1H2,2H3,(H,5,6);3-4H2,1-2H3;2H,1H3;;. The second kappa shape index (κ2) is 44.5. The van der Waals surface area contributed by atoms with Crippen LogP contribution in [0.25, 0.3) is 0 Å². The molecule has 2 rings (SSSR count). The maximum Gasteiger partial charge on any atom is 0.762 e. The summed E-state index contributed by atoms with van der Waals surface area (Å²) in [5, 5.41) is 25.4. The molecule has 0 spiro atoms. The van der Waals surface area contributed by atoms with E-state index in [0.29, 0.717) is 44.5 Å². The van der Waals surface area contributed by atoms with Gasteiger partial charge in [-0.3, -0.25) is 41.7 Å². The van der Waals surface area contributed by atoms with Crippen LogP contribution in [0.2, 0.25) is 0 Å². The summed E-state index contributed by atoms with van der Waals surface area (Å²) in [4.78, 5) is 83.8. The number of cyclic esters (lactones) is 2. The maximum atomic E-state index is 11.4. The van der Waals surface area contributed by atoms with Crippen molar-refractivity contribution in [1.29, 1.82) is 0 Å². The number of ketones is 2. The molecule has 0 aromatic rings. The largest absolute Gasteiger partial charge is 0.762 e. The van der Waals surface area contributed by atoms with E-state index in [-0.39, 0.29) is 88.0 Å². The van der Waals surface area contributed by atoms with Crippen molar-refractivity contribution in [3.63, 3.8) is 0 Å². The first-order chi connectivity index (χ1) is 28.6. The SMILES string of the molecule is C=C(C)C(=O)O.C=C(C)C(=O)OC1(C)CCOC(=O)C1C.CC(=O)CCO.CC(=O)CCOC(=O)C(C)Br.CC(Br)C(=O)Br.CC1C(=O)OCCC1(C)O.CCOCC.FB(F)F.[Zn]. The van der Waals surface area contributed by atoms with Crippen molar-refractivity contribution in [3.8, 4) is 0 Å². The summed E-state index contributed by atoms with van der Waals surface area (Å²) in [5.41, 5.74) is -1.13. The number of ether oxygens (including phenoxy) is 5. The van der Waals surface area contributed by atoms with E-state index in [4.69, 9.17) is 33.9 Å². The van der Waals surface area contributed by atoms with Gasteiger partial charge in [0, 0.05) is 76.1 Å². The second-order valence-electron chi connectivity index (χ2n) is 13.6. The summed E-state index contributed by atoms with van der Waals surface area (Å²) in [6.45, 7) is 29.3. The van der Waals surface area contributed by atoms with Crippen LogP contribution in [0, 0.1) is 11.8 Å². The van der Waals surface area contributed by atoms with Crippen LogP contribution in [-0.2, 0) is 81.5 Å². The molecule has 6 atom stereocenters. The number of rotatable bonds is 12. The Morgan fingerprint density at radius 1 is 0.828 bits per heavy atom. The van der Waals surface area contributed by atoms with E-state index < -0.39 is 36.6 Å². The summed E-state index contributed by atoms with van der Waals surface area (Å²) in [5.74, 6) is -3.09. The van der Waals surface area contributed by atoms with Gasteiger partial charge in [-0.15, -0.1) is 0 Å². The first-order valence-corrected chi connectivity index (χ1v) is 21.8. The zero-order valence-electron chi connectivity index (χ0n) is 39.0. The van der Waals surface area contributed by atoms with Crippen LogP contribution in [0.5, 0.6) is 0 Å². The quantitative estimate of drug-likeness (QED) is 0.0434. The van der Waals surface area contributed by atoms with E-state index in [1.54, 1.807) is 48.5 Å². The summed E-state index contributed by atoms with van der Waals surface area (Å²) >= 11 is 8.84. The average molecular weight is 1180 g/mol. The number of aliphatic hydroxyl groups excluding tert-OH is 1. The summed E-state index contributed by atoms with van der Waals surface area (Å²) in [7, 11) is -3.67. The van der Waals surface area contributed by atoms with Crippen molar-refractivity contribution in [2.45, 2.75) is 130 Å². The van der Waals surface area contributed by atoms with Gasteiger partial charge in [-0.2, -0.15) is 0 Å². The van der Waals surface area contributed by atoms with Crippen molar-refractivity contribution in [1.82, 2.24) is 0 Å². The van der Waals surface area contributed by atoms with Crippen LogP contribution < -0.4 is 0 Å². The molecule has 0 aromatic carbocycles. The molecule has 0 aliphatic carbocycles. The Kier molecular flexibility index (Phi) is 52.8. The number of carbonyl (C=O) groups excluding carboxylic acids is 7. The van der Waals surface area contributed by atoms with Crippen LogP contribution in [-0.4, -0.2) is 129 Å². The molecular weight excluding hydrogens is 1110 g/mol. The van der Waals surface area contributed by atoms with Gasteiger partial charge >= 0.3 is 37.4 Å². The van der Waals surface area contributed by atoms with E-state index in [2.05, 4.69) is 60.9 Å². The third kappa shape index (κ3) is 50.6. The zero-order chi connectivity index (χ0) is 51.3. The third-order valence-electron chi connectivity index (χ3n) is 7.50. The molecule has 24 heteroatoms. The fourth-order valence-corrected chi connectivity index (χ4v) is 3.24. The number of carboxylic acid groups (broad SMARTS) is 1. The summed E-state index contributed by atoms with van der Waals surface area (Å²) < 4.78 is 53.4. The number of carboxylic acids is 1. The molecule has 0 radical (unpaired) electrons. The van der Waals surface area contributed by atoms with Gasteiger partial charge in [0.25, 0.3) is 0 Å². The van der Waals surface area contributed by atoms with Crippen molar-refractivity contribution in [3.05, 3.63) is 24.3 Å². The van der Waals surface area contributed by atoms with Crippen LogP contribution in [0.4, 0.5) is 12.9 Å². The smallest absolute Gasteiger partial charge is 0.478 e. The molecule has 3 N–H and O–H groups in total. The predicted octanol–water partition coefficient (Wildman–Crippen LogP) is 7.28. The molecule has 0 amide bonds. The van der Waals surface area contributed by atoms with E-state index >= 15 is 0 Å². The molecule has 370 valence electrons. The monoisotopic (exact) mass is 1170 g/mol. The maximum absolute atomic E-state index is 11.4. The van der Waals surface area contributed by atoms with Crippen molar-refractivity contribution in [2.24, 2.45) is 11.8 Å². The molecule has 2 aliphatic rings. The Balaban J connectivity index is -0.000000120. The Labute approximate surface area is 414 Å². The second-order valence-corrected chi connectivity index (χ2v) is 17.1. The number of hydrogen-bond acceptors (Lipinski definition) is 15. The molecule has 2 heterocycles. The normalized spacial score (nSPS) is 19.6. The van der Waals surface area contributed by atoms with E-state index in [1.165, 1.54) is 20.8 Å². The Bertz CT molecular complexity index is 1390. The van der Waals surface area contributed by atoms with Crippen LogP contribution >= 0.6 is 47.8 Å². The number of aliphatic carboxylic acids is 1. The van der Waals surface area contributed by atoms with Crippen LogP contribution in [0.3, 0.4) is 0 Å². The number of carbonyl (C=O) groups is 8. The Hall–Kier alpha value is -2.36. The van der Waals surface area contributed by atoms with E-state index in [0.717, 1.165) is 13.2 Å². The molecule has 2 saturated heterocycles.